The van der Waals surface area contributed by atoms with Crippen molar-refractivity contribution in [3.63, 3.8) is 0 Å². The van der Waals surface area contributed by atoms with Gasteiger partial charge in [0.05, 0.1) is 12.8 Å². The second-order valence-electron chi connectivity index (χ2n) is 14.5. The SMILES string of the molecule is CCC(C)[C@H](NC(C)=O)C(=O)N[C@H](C(=O)N[C@@H](Cc1c[nH]c2ccccc12)C(=O)N[C@@H](CC(=O)O)C(=O)N[C@H](C(=O)N[C@@H](CC(N)=O)C(=O)O)C(C)C)C(C)CC. The molecule has 8 atom stereocenters. The Morgan fingerprint density at radius 3 is 1.67 bits per heavy atom. The number of aromatic nitrogens is 1. The monoisotopic (exact) mass is 800 g/mol. The molecule has 0 spiro atoms. The van der Waals surface area contributed by atoms with Gasteiger partial charge in [-0.05, 0) is 29.4 Å². The van der Waals surface area contributed by atoms with Gasteiger partial charge in [-0.15, -0.1) is 0 Å². The van der Waals surface area contributed by atoms with Crippen LogP contribution in [0, 0.1) is 17.8 Å². The lowest BCUT2D eigenvalue weighted by atomic mass is 9.94. The highest BCUT2D eigenvalue weighted by molar-refractivity contribution is 5.98. The van der Waals surface area contributed by atoms with Crippen LogP contribution in [0.1, 0.15) is 79.7 Å². The molecule has 0 fully saturated rings. The van der Waals surface area contributed by atoms with Crippen LogP contribution in [0.2, 0.25) is 0 Å². The Morgan fingerprint density at radius 2 is 1.14 bits per heavy atom. The number of H-pyrrole nitrogens is 1. The van der Waals surface area contributed by atoms with Gasteiger partial charge in [0, 0.05) is 30.4 Å². The Kier molecular flexibility index (Phi) is 18.1. The first kappa shape index (κ1) is 47.1. The maximum Gasteiger partial charge on any atom is 0.326 e. The quantitative estimate of drug-likeness (QED) is 0.0703. The fourth-order valence-corrected chi connectivity index (χ4v) is 5.96. The lowest BCUT2D eigenvalue weighted by Crippen LogP contribution is -2.61. The lowest BCUT2D eigenvalue weighted by molar-refractivity contribution is -0.144. The van der Waals surface area contributed by atoms with Crippen LogP contribution in [0.5, 0.6) is 0 Å². The number of carbonyl (C=O) groups excluding carboxylic acids is 7. The van der Waals surface area contributed by atoms with Crippen LogP contribution in [0.4, 0.5) is 0 Å². The van der Waals surface area contributed by atoms with Gasteiger partial charge in [0.15, 0.2) is 0 Å². The van der Waals surface area contributed by atoms with E-state index in [9.17, 15) is 53.4 Å². The summed E-state index contributed by atoms with van der Waals surface area (Å²) in [4.78, 5) is 118. The van der Waals surface area contributed by atoms with Crippen LogP contribution in [0.25, 0.3) is 10.9 Å². The molecule has 2 aromatic rings. The van der Waals surface area contributed by atoms with E-state index >= 15 is 0 Å². The van der Waals surface area contributed by atoms with Crippen molar-refractivity contribution in [2.24, 2.45) is 23.5 Å². The second kappa shape index (κ2) is 21.9. The molecule has 1 aromatic carbocycles. The molecule has 0 aliphatic carbocycles. The molecule has 0 aliphatic rings. The molecule has 314 valence electrons. The molecule has 19 nitrogen and oxygen atoms in total. The number of carboxylic acids is 2. The number of carboxylic acid groups (broad SMARTS) is 2. The van der Waals surface area contributed by atoms with Gasteiger partial charge >= 0.3 is 11.9 Å². The number of nitrogens with one attached hydrogen (secondary N) is 7. The van der Waals surface area contributed by atoms with E-state index in [-0.39, 0.29) is 12.3 Å². The average Bonchev–Trinajstić information content (AvgIpc) is 3.54. The summed E-state index contributed by atoms with van der Waals surface area (Å²) < 4.78 is 0. The molecular formula is C38H56N8O11. The number of aliphatic carboxylic acids is 2. The topological polar surface area (TPSA) is 308 Å². The first-order valence-electron chi connectivity index (χ1n) is 18.8. The molecule has 7 amide bonds. The smallest absolute Gasteiger partial charge is 0.326 e. The predicted octanol–water partition coefficient (Wildman–Crippen LogP) is -0.178. The molecule has 0 bridgehead atoms. The standard InChI is InChI=1S/C38H56N8O11/c1-8-19(5)31(41-21(7)47)37(55)46-32(20(6)9-2)36(54)43-25(14-22-17-40-24-13-11-10-12-23(22)24)33(51)42-26(16-29(49)50)34(52)45-30(18(3)4)35(53)44-27(38(56)57)15-28(39)48/h10-13,17-20,25-27,30-32,40H,8-9,14-16H2,1-7H3,(H2,39,48)(H,41,47)(H,42,51)(H,43,54)(H,44,53)(H,45,52)(H,46,55)(H,49,50)(H,56,57)/t19?,20?,25-,26-,27-,30-,31-,32-/m0/s1. The van der Waals surface area contributed by atoms with Crippen molar-refractivity contribution in [3.05, 3.63) is 36.0 Å². The van der Waals surface area contributed by atoms with E-state index in [1.165, 1.54) is 20.8 Å². The largest absolute Gasteiger partial charge is 0.481 e. The van der Waals surface area contributed by atoms with Crippen LogP contribution in [0.15, 0.2) is 30.5 Å². The van der Waals surface area contributed by atoms with Crippen molar-refractivity contribution in [2.75, 3.05) is 0 Å². The third-order valence-corrected chi connectivity index (χ3v) is 9.66. The molecule has 0 saturated heterocycles. The number of para-hydroxylation sites is 1. The van der Waals surface area contributed by atoms with Crippen LogP contribution in [0.3, 0.4) is 0 Å². The van der Waals surface area contributed by atoms with Crippen LogP contribution in [-0.2, 0) is 49.6 Å². The van der Waals surface area contributed by atoms with Gasteiger partial charge in [-0.3, -0.25) is 38.4 Å². The van der Waals surface area contributed by atoms with Crippen molar-refractivity contribution in [3.8, 4) is 0 Å². The van der Waals surface area contributed by atoms with Gasteiger partial charge in [0.25, 0.3) is 0 Å². The van der Waals surface area contributed by atoms with E-state index < -0.39 is 114 Å². The summed E-state index contributed by atoms with van der Waals surface area (Å²) in [6.07, 6.45) is 0.744. The zero-order valence-electron chi connectivity index (χ0n) is 33.3. The summed E-state index contributed by atoms with van der Waals surface area (Å²) in [5.41, 5.74) is 6.41. The summed E-state index contributed by atoms with van der Waals surface area (Å²) in [6.45, 7) is 11.4. The van der Waals surface area contributed by atoms with E-state index in [1.54, 1.807) is 51.2 Å². The minimum absolute atomic E-state index is 0.154. The van der Waals surface area contributed by atoms with Crippen LogP contribution < -0.4 is 37.6 Å². The molecule has 2 unspecified atom stereocenters. The molecule has 1 aromatic heterocycles. The Balaban J connectivity index is 2.49. The number of amides is 7. The van der Waals surface area contributed by atoms with Crippen molar-refractivity contribution in [2.45, 2.75) is 117 Å². The zero-order chi connectivity index (χ0) is 43.1. The molecule has 11 N–H and O–H groups in total. The third-order valence-electron chi connectivity index (χ3n) is 9.66. The summed E-state index contributed by atoms with van der Waals surface area (Å²) in [6, 6.07) is -1.40. The third kappa shape index (κ3) is 14.2. The highest BCUT2D eigenvalue weighted by atomic mass is 16.4. The molecular weight excluding hydrogens is 744 g/mol. The Morgan fingerprint density at radius 1 is 0.649 bits per heavy atom. The fourth-order valence-electron chi connectivity index (χ4n) is 5.96. The van der Waals surface area contributed by atoms with Gasteiger partial charge in [0.2, 0.25) is 41.4 Å². The maximum absolute atomic E-state index is 14.1. The van der Waals surface area contributed by atoms with Gasteiger partial charge in [-0.1, -0.05) is 72.6 Å². The number of nitrogens with two attached hydrogens (primary N) is 1. The highest BCUT2D eigenvalue weighted by Gasteiger charge is 2.37. The molecule has 0 radical (unpaired) electrons. The fraction of sp³-hybridized carbons (Fsp3) is 0.553. The van der Waals surface area contributed by atoms with E-state index in [0.717, 1.165) is 5.52 Å². The van der Waals surface area contributed by atoms with Gasteiger partial charge in [0.1, 0.15) is 36.3 Å². The molecule has 1 heterocycles. The van der Waals surface area contributed by atoms with Crippen molar-refractivity contribution in [1.29, 1.82) is 0 Å². The van der Waals surface area contributed by atoms with Gasteiger partial charge < -0.3 is 52.8 Å². The van der Waals surface area contributed by atoms with E-state index in [2.05, 4.69) is 36.9 Å². The molecule has 0 saturated carbocycles. The Bertz CT molecular complexity index is 1790. The number of benzene rings is 1. The van der Waals surface area contributed by atoms with E-state index in [1.807, 2.05) is 6.92 Å². The summed E-state index contributed by atoms with van der Waals surface area (Å²) in [5, 5.41) is 34.8. The van der Waals surface area contributed by atoms with E-state index in [4.69, 9.17) is 5.73 Å². The van der Waals surface area contributed by atoms with Crippen molar-refractivity contribution in [1.82, 2.24) is 36.9 Å². The predicted molar refractivity (Wildman–Crippen MR) is 207 cm³/mol. The van der Waals surface area contributed by atoms with Gasteiger partial charge in [-0.2, -0.15) is 0 Å². The highest BCUT2D eigenvalue weighted by Crippen LogP contribution is 2.20. The summed E-state index contributed by atoms with van der Waals surface area (Å²) in [5.74, 6) is -10.4. The number of primary amides is 1. The zero-order valence-corrected chi connectivity index (χ0v) is 33.3. The number of hydrogen-bond donors (Lipinski definition) is 10. The first-order chi connectivity index (χ1) is 26.7. The Hall–Kier alpha value is -6.01. The lowest BCUT2D eigenvalue weighted by Gasteiger charge is -2.30. The maximum atomic E-state index is 14.1. The number of carbonyl (C=O) groups is 9. The minimum atomic E-state index is -1.80. The normalized spacial score (nSPS) is 15.4. The molecule has 0 aliphatic heterocycles. The molecule has 57 heavy (non-hydrogen) atoms. The van der Waals surface area contributed by atoms with Crippen LogP contribution >= 0.6 is 0 Å². The minimum Gasteiger partial charge on any atom is -0.481 e. The van der Waals surface area contributed by atoms with E-state index in [0.29, 0.717) is 23.8 Å². The number of hydrogen-bond acceptors (Lipinski definition) is 9. The Labute approximate surface area is 330 Å². The number of fused-ring (bicyclic) bond motifs is 1. The molecule has 19 heteroatoms. The molecule has 2 rings (SSSR count). The number of rotatable bonds is 23. The summed E-state index contributed by atoms with van der Waals surface area (Å²) in [7, 11) is 0. The van der Waals surface area contributed by atoms with Crippen molar-refractivity contribution < 1.29 is 53.4 Å². The van der Waals surface area contributed by atoms with Crippen LogP contribution in [-0.4, -0.2) is 105 Å². The average molecular weight is 801 g/mol. The number of aromatic amines is 1. The van der Waals surface area contributed by atoms with Crippen molar-refractivity contribution >= 4 is 64.2 Å². The van der Waals surface area contributed by atoms with Gasteiger partial charge in [-0.25, -0.2) is 4.79 Å². The summed E-state index contributed by atoms with van der Waals surface area (Å²) >= 11 is 0. The second-order valence-corrected chi connectivity index (χ2v) is 14.5. The first-order valence-corrected chi connectivity index (χ1v) is 18.8.